The second-order valence-electron chi connectivity index (χ2n) is 9.38. The molecule has 3 amide bonds. The van der Waals surface area contributed by atoms with E-state index in [1.165, 1.54) is 36.0 Å². The molecule has 0 saturated heterocycles. The quantitative estimate of drug-likeness (QED) is 0.0757. The normalized spacial score (nSPS) is 11.7. The number of rotatable bonds is 10. The molecular weight excluding hydrogens is 588 g/mol. The van der Waals surface area contributed by atoms with E-state index in [1.807, 2.05) is 0 Å². The standard InChI is InChI=1S/C32H27ClN4O5S/c1-20-18-25(37(41)42)14-17-28(20)35-30(38)21(2)43-26-15-12-24(13-16-26)34-32(40)29(19-23-10-6-7-11-27(23)33)36-31(39)22-8-4-3-5-9-22/h3-19,21H,1-2H3,(H,34,40)(H,35,38)(H,36,39)/b29-19-. The number of nitrogens with one attached hydrogen (secondary N) is 3. The second kappa shape index (κ2) is 14.3. The van der Waals surface area contributed by atoms with Gasteiger partial charge < -0.3 is 16.0 Å². The molecule has 1 unspecified atom stereocenters. The maximum absolute atomic E-state index is 13.3. The first-order valence-corrected chi connectivity index (χ1v) is 14.3. The first-order valence-electron chi connectivity index (χ1n) is 13.1. The summed E-state index contributed by atoms with van der Waals surface area (Å²) in [5, 5.41) is 19.2. The highest BCUT2D eigenvalue weighted by atomic mass is 35.5. The van der Waals surface area contributed by atoms with Crippen molar-refractivity contribution in [3.63, 3.8) is 0 Å². The van der Waals surface area contributed by atoms with E-state index in [4.69, 9.17) is 11.6 Å². The molecule has 43 heavy (non-hydrogen) atoms. The van der Waals surface area contributed by atoms with E-state index < -0.39 is 22.0 Å². The SMILES string of the molecule is Cc1cc([N+](=O)[O-])ccc1NC(=O)C(C)Sc1ccc(NC(=O)/C(=C/c2ccccc2Cl)NC(=O)c2ccccc2)cc1. The Morgan fingerprint density at radius 2 is 1.58 bits per heavy atom. The lowest BCUT2D eigenvalue weighted by Gasteiger charge is -2.14. The minimum atomic E-state index is -0.546. The van der Waals surface area contributed by atoms with Gasteiger partial charge >= 0.3 is 0 Å². The molecule has 4 rings (SSSR count). The van der Waals surface area contributed by atoms with Gasteiger partial charge in [0.15, 0.2) is 0 Å². The van der Waals surface area contributed by atoms with Gasteiger partial charge in [0, 0.05) is 39.0 Å². The van der Waals surface area contributed by atoms with Crippen LogP contribution in [0.15, 0.2) is 108 Å². The number of halogens is 1. The number of benzene rings is 4. The number of thioether (sulfide) groups is 1. The van der Waals surface area contributed by atoms with Crippen molar-refractivity contribution in [1.82, 2.24) is 5.32 Å². The number of hydrogen-bond acceptors (Lipinski definition) is 6. The van der Waals surface area contributed by atoms with Gasteiger partial charge in [-0.3, -0.25) is 24.5 Å². The molecule has 0 aromatic heterocycles. The highest BCUT2D eigenvalue weighted by Crippen LogP contribution is 2.27. The fourth-order valence-corrected chi connectivity index (χ4v) is 4.96. The predicted molar refractivity (Wildman–Crippen MR) is 170 cm³/mol. The van der Waals surface area contributed by atoms with E-state index in [-0.39, 0.29) is 17.3 Å². The van der Waals surface area contributed by atoms with Crippen LogP contribution in [-0.2, 0) is 9.59 Å². The third-order valence-corrected chi connectivity index (χ3v) is 7.66. The second-order valence-corrected chi connectivity index (χ2v) is 11.2. The van der Waals surface area contributed by atoms with Crippen molar-refractivity contribution in [2.75, 3.05) is 10.6 Å². The van der Waals surface area contributed by atoms with Crippen LogP contribution < -0.4 is 16.0 Å². The molecule has 218 valence electrons. The van der Waals surface area contributed by atoms with Crippen LogP contribution in [-0.4, -0.2) is 27.9 Å². The summed E-state index contributed by atoms with van der Waals surface area (Å²) in [7, 11) is 0. The van der Waals surface area contributed by atoms with E-state index >= 15 is 0 Å². The van der Waals surface area contributed by atoms with Crippen LogP contribution in [0.1, 0.15) is 28.4 Å². The molecule has 0 spiro atoms. The van der Waals surface area contributed by atoms with Gasteiger partial charge in [0.2, 0.25) is 5.91 Å². The first-order chi connectivity index (χ1) is 20.6. The van der Waals surface area contributed by atoms with Gasteiger partial charge in [-0.25, -0.2) is 0 Å². The van der Waals surface area contributed by atoms with Gasteiger partial charge in [0.25, 0.3) is 17.5 Å². The minimum Gasteiger partial charge on any atom is -0.325 e. The number of hydrogen-bond donors (Lipinski definition) is 3. The number of carbonyl (C=O) groups is 3. The van der Waals surface area contributed by atoms with Crippen molar-refractivity contribution >= 4 is 64.2 Å². The highest BCUT2D eigenvalue weighted by molar-refractivity contribution is 8.00. The predicted octanol–water partition coefficient (Wildman–Crippen LogP) is 7.09. The number of nitro benzene ring substituents is 1. The van der Waals surface area contributed by atoms with E-state index in [2.05, 4.69) is 16.0 Å². The molecule has 0 bridgehead atoms. The van der Waals surface area contributed by atoms with Gasteiger partial charge in [0.1, 0.15) is 5.70 Å². The third kappa shape index (κ3) is 8.54. The van der Waals surface area contributed by atoms with Crippen molar-refractivity contribution in [2.45, 2.75) is 24.0 Å². The molecule has 0 heterocycles. The lowest BCUT2D eigenvalue weighted by atomic mass is 10.1. The van der Waals surface area contributed by atoms with Crippen LogP contribution in [0.3, 0.4) is 0 Å². The van der Waals surface area contributed by atoms with E-state index in [9.17, 15) is 24.5 Å². The lowest BCUT2D eigenvalue weighted by molar-refractivity contribution is -0.384. The molecule has 0 aliphatic carbocycles. The Morgan fingerprint density at radius 3 is 2.23 bits per heavy atom. The fourth-order valence-electron chi connectivity index (χ4n) is 3.90. The summed E-state index contributed by atoms with van der Waals surface area (Å²) in [6.45, 7) is 3.44. The Balaban J connectivity index is 1.42. The molecule has 3 N–H and O–H groups in total. The van der Waals surface area contributed by atoms with Gasteiger partial charge in [-0.15, -0.1) is 11.8 Å². The number of non-ortho nitro benzene ring substituents is 1. The Bertz CT molecular complexity index is 1690. The summed E-state index contributed by atoms with van der Waals surface area (Å²) in [6, 6.07) is 26.7. The number of aryl methyl sites for hydroxylation is 1. The van der Waals surface area contributed by atoms with Crippen LogP contribution >= 0.6 is 23.4 Å². The maximum Gasteiger partial charge on any atom is 0.272 e. The summed E-state index contributed by atoms with van der Waals surface area (Å²) < 4.78 is 0. The fraction of sp³-hybridized carbons (Fsp3) is 0.0938. The Kier molecular flexibility index (Phi) is 10.3. The molecule has 1 atom stereocenters. The molecule has 0 fully saturated rings. The number of nitrogens with zero attached hydrogens (tertiary/aromatic N) is 1. The van der Waals surface area contributed by atoms with Crippen LogP contribution in [0.4, 0.5) is 17.1 Å². The topological polar surface area (TPSA) is 130 Å². The summed E-state index contributed by atoms with van der Waals surface area (Å²) >= 11 is 7.61. The molecule has 11 heteroatoms. The molecule has 0 aliphatic rings. The zero-order chi connectivity index (χ0) is 30.9. The van der Waals surface area contributed by atoms with E-state index in [0.29, 0.717) is 33.1 Å². The molecule has 0 aliphatic heterocycles. The summed E-state index contributed by atoms with van der Waals surface area (Å²) in [5.74, 6) is -1.25. The van der Waals surface area contributed by atoms with Crippen LogP contribution in [0, 0.1) is 17.0 Å². The Morgan fingerprint density at radius 1 is 0.907 bits per heavy atom. The average molecular weight is 615 g/mol. The van der Waals surface area contributed by atoms with Gasteiger partial charge in [-0.2, -0.15) is 0 Å². The molecular formula is C32H27ClN4O5S. The smallest absolute Gasteiger partial charge is 0.272 e. The van der Waals surface area contributed by atoms with Gasteiger partial charge in [-0.05, 0) is 79.6 Å². The molecule has 4 aromatic rings. The maximum atomic E-state index is 13.3. The van der Waals surface area contributed by atoms with Crippen molar-refractivity contribution in [3.05, 3.63) is 135 Å². The number of amides is 3. The monoisotopic (exact) mass is 614 g/mol. The van der Waals surface area contributed by atoms with Gasteiger partial charge in [-0.1, -0.05) is 48.0 Å². The zero-order valence-electron chi connectivity index (χ0n) is 23.2. The van der Waals surface area contributed by atoms with Crippen molar-refractivity contribution in [3.8, 4) is 0 Å². The molecule has 0 saturated carbocycles. The number of nitro groups is 1. The van der Waals surface area contributed by atoms with E-state index in [1.54, 1.807) is 92.7 Å². The Labute approximate surface area is 257 Å². The summed E-state index contributed by atoms with van der Waals surface area (Å²) in [4.78, 5) is 50.1. The molecule has 4 aromatic carbocycles. The zero-order valence-corrected chi connectivity index (χ0v) is 24.7. The third-order valence-electron chi connectivity index (χ3n) is 6.21. The van der Waals surface area contributed by atoms with Crippen molar-refractivity contribution in [1.29, 1.82) is 0 Å². The summed E-state index contributed by atoms with van der Waals surface area (Å²) in [6.07, 6.45) is 1.51. The van der Waals surface area contributed by atoms with Crippen LogP contribution in [0.5, 0.6) is 0 Å². The van der Waals surface area contributed by atoms with Crippen molar-refractivity contribution < 1.29 is 19.3 Å². The average Bonchev–Trinajstić information content (AvgIpc) is 3.00. The molecule has 9 nitrogen and oxygen atoms in total. The lowest BCUT2D eigenvalue weighted by Crippen LogP contribution is -2.30. The van der Waals surface area contributed by atoms with Crippen molar-refractivity contribution in [2.24, 2.45) is 0 Å². The van der Waals surface area contributed by atoms with Gasteiger partial charge in [0.05, 0.1) is 10.2 Å². The largest absolute Gasteiger partial charge is 0.325 e. The van der Waals surface area contributed by atoms with Crippen LogP contribution in [0.25, 0.3) is 6.08 Å². The minimum absolute atomic E-state index is 0.00670. The van der Waals surface area contributed by atoms with E-state index in [0.717, 1.165) is 4.90 Å². The van der Waals surface area contributed by atoms with Crippen LogP contribution in [0.2, 0.25) is 5.02 Å². The number of anilines is 2. The summed E-state index contributed by atoms with van der Waals surface area (Å²) in [5.41, 5.74) is 2.48. The highest BCUT2D eigenvalue weighted by Gasteiger charge is 2.18. The Hall–Kier alpha value is -4.93. The number of carbonyl (C=O) groups excluding carboxylic acids is 3. The molecule has 0 radical (unpaired) electrons. The first kappa shape index (κ1) is 31.0.